The molecule has 3 aliphatic heterocycles. The highest BCUT2D eigenvalue weighted by molar-refractivity contribution is 7.99. The number of carbonyl (C=O) groups is 1. The summed E-state index contributed by atoms with van der Waals surface area (Å²) in [5.41, 5.74) is 0.676. The average molecular weight is 367 g/mol. The first-order valence-electron chi connectivity index (χ1n) is 8.97. The van der Waals surface area contributed by atoms with Crippen LogP contribution in [0.5, 0.6) is 0 Å². The van der Waals surface area contributed by atoms with E-state index in [0.29, 0.717) is 28.4 Å². The second-order valence-electron chi connectivity index (χ2n) is 6.97. The molecule has 6 heteroatoms. The van der Waals surface area contributed by atoms with Crippen molar-refractivity contribution >= 4 is 17.7 Å². The number of nitrogens with zero attached hydrogens (tertiary/aromatic N) is 2. The van der Waals surface area contributed by atoms with Crippen LogP contribution in [0.4, 0.5) is 0 Å². The number of nitriles is 1. The molecule has 26 heavy (non-hydrogen) atoms. The molecule has 0 aliphatic carbocycles. The van der Waals surface area contributed by atoms with Gasteiger partial charge in [0.15, 0.2) is 5.09 Å². The van der Waals surface area contributed by atoms with Crippen molar-refractivity contribution in [3.8, 4) is 6.07 Å². The summed E-state index contributed by atoms with van der Waals surface area (Å²) in [6.07, 6.45) is 2.36. The molecule has 4 heterocycles. The van der Waals surface area contributed by atoms with Gasteiger partial charge in [-0.1, -0.05) is 11.8 Å². The Labute approximate surface area is 157 Å². The van der Waals surface area contributed by atoms with Crippen molar-refractivity contribution in [1.29, 1.82) is 5.26 Å². The minimum atomic E-state index is -0.00286. The van der Waals surface area contributed by atoms with Gasteiger partial charge in [-0.05, 0) is 75.2 Å². The van der Waals surface area contributed by atoms with Gasteiger partial charge >= 0.3 is 0 Å². The molecular formula is C20H21N3O2S. The Balaban J connectivity index is 1.40. The predicted molar refractivity (Wildman–Crippen MR) is 99.0 cm³/mol. The monoisotopic (exact) mass is 367 g/mol. The van der Waals surface area contributed by atoms with Crippen LogP contribution < -0.4 is 5.32 Å². The van der Waals surface area contributed by atoms with Crippen LogP contribution in [0.1, 0.15) is 35.9 Å². The van der Waals surface area contributed by atoms with Crippen molar-refractivity contribution < 1.29 is 9.21 Å². The zero-order valence-electron chi connectivity index (χ0n) is 14.6. The SMILES string of the molecule is C[C@H]1[C@H](NC(=O)c2ccc(Sc3ccc(C#N)o3)cc2)C2CCN1CC2. The summed E-state index contributed by atoms with van der Waals surface area (Å²) >= 11 is 1.43. The fourth-order valence-corrected chi connectivity index (χ4v) is 4.78. The fraction of sp³-hybridized carbons (Fsp3) is 0.400. The molecule has 134 valence electrons. The number of benzene rings is 1. The smallest absolute Gasteiger partial charge is 0.251 e. The topological polar surface area (TPSA) is 69.3 Å². The number of nitrogens with one attached hydrogen (secondary N) is 1. The van der Waals surface area contributed by atoms with Crippen molar-refractivity contribution in [2.24, 2.45) is 5.92 Å². The number of carbonyl (C=O) groups excluding carboxylic acids is 1. The number of hydrogen-bond donors (Lipinski definition) is 1. The lowest BCUT2D eigenvalue weighted by atomic mass is 9.79. The quantitative estimate of drug-likeness (QED) is 0.895. The Bertz CT molecular complexity index is 829. The van der Waals surface area contributed by atoms with E-state index in [1.165, 1.54) is 24.6 Å². The summed E-state index contributed by atoms with van der Waals surface area (Å²) in [5, 5.41) is 12.7. The normalized spacial score (nSPS) is 27.1. The van der Waals surface area contributed by atoms with Gasteiger partial charge in [-0.25, -0.2) is 0 Å². The highest BCUT2D eigenvalue weighted by Crippen LogP contribution is 2.32. The number of furan rings is 1. The van der Waals surface area contributed by atoms with E-state index in [-0.39, 0.29) is 11.9 Å². The molecule has 0 saturated carbocycles. The average Bonchev–Trinajstić information content (AvgIpc) is 3.13. The second-order valence-corrected chi connectivity index (χ2v) is 8.05. The van der Waals surface area contributed by atoms with Crippen LogP contribution in [-0.4, -0.2) is 36.0 Å². The molecule has 2 bridgehead atoms. The fourth-order valence-electron chi connectivity index (χ4n) is 4.01. The minimum Gasteiger partial charge on any atom is -0.439 e. The van der Waals surface area contributed by atoms with Gasteiger partial charge < -0.3 is 9.73 Å². The van der Waals surface area contributed by atoms with E-state index in [9.17, 15) is 4.79 Å². The van der Waals surface area contributed by atoms with Gasteiger partial charge in [0.05, 0.1) is 0 Å². The van der Waals surface area contributed by atoms with Crippen LogP contribution in [-0.2, 0) is 0 Å². The third-order valence-corrected chi connectivity index (χ3v) is 6.43. The Hall–Kier alpha value is -2.23. The van der Waals surface area contributed by atoms with Gasteiger partial charge in [-0.2, -0.15) is 5.26 Å². The number of piperidine rings is 3. The highest BCUT2D eigenvalue weighted by atomic mass is 32.2. The van der Waals surface area contributed by atoms with Crippen molar-refractivity contribution in [1.82, 2.24) is 10.2 Å². The summed E-state index contributed by atoms with van der Waals surface area (Å²) in [6.45, 7) is 4.53. The van der Waals surface area contributed by atoms with E-state index in [1.54, 1.807) is 12.1 Å². The summed E-state index contributed by atoms with van der Waals surface area (Å²) < 4.78 is 5.37. The number of amides is 1. The molecule has 2 aromatic rings. The predicted octanol–water partition coefficient (Wildman–Crippen LogP) is 3.51. The van der Waals surface area contributed by atoms with Crippen molar-refractivity contribution in [3.63, 3.8) is 0 Å². The Kier molecular flexibility index (Phi) is 4.75. The van der Waals surface area contributed by atoms with E-state index in [4.69, 9.17) is 9.68 Å². The Morgan fingerprint density at radius 3 is 2.58 bits per heavy atom. The van der Waals surface area contributed by atoms with E-state index in [0.717, 1.165) is 18.0 Å². The van der Waals surface area contributed by atoms with Crippen LogP contribution in [0.3, 0.4) is 0 Å². The lowest BCUT2D eigenvalue weighted by molar-refractivity contribution is 0.0217. The van der Waals surface area contributed by atoms with Gasteiger partial charge in [-0.15, -0.1) is 0 Å². The van der Waals surface area contributed by atoms with Gasteiger partial charge in [0.25, 0.3) is 5.91 Å². The van der Waals surface area contributed by atoms with Gasteiger partial charge in [-0.3, -0.25) is 9.69 Å². The number of hydrogen-bond acceptors (Lipinski definition) is 5. The van der Waals surface area contributed by atoms with Gasteiger partial charge in [0.1, 0.15) is 6.07 Å². The van der Waals surface area contributed by atoms with Crippen LogP contribution >= 0.6 is 11.8 Å². The molecule has 1 N–H and O–H groups in total. The van der Waals surface area contributed by atoms with Crippen LogP contribution in [0.2, 0.25) is 0 Å². The van der Waals surface area contributed by atoms with Crippen LogP contribution in [0.25, 0.3) is 0 Å². The zero-order valence-corrected chi connectivity index (χ0v) is 15.5. The molecule has 5 nitrogen and oxygen atoms in total. The van der Waals surface area contributed by atoms with E-state index in [1.807, 2.05) is 30.3 Å². The van der Waals surface area contributed by atoms with Crippen molar-refractivity contribution in [2.75, 3.05) is 13.1 Å². The summed E-state index contributed by atoms with van der Waals surface area (Å²) in [4.78, 5) is 16.1. The molecule has 0 spiro atoms. The summed E-state index contributed by atoms with van der Waals surface area (Å²) in [6, 6.07) is 13.6. The molecule has 3 saturated heterocycles. The Morgan fingerprint density at radius 1 is 1.23 bits per heavy atom. The van der Waals surface area contributed by atoms with Crippen LogP contribution in [0.15, 0.2) is 50.8 Å². The van der Waals surface area contributed by atoms with E-state index >= 15 is 0 Å². The van der Waals surface area contributed by atoms with Crippen molar-refractivity contribution in [2.45, 2.75) is 41.8 Å². The standard InChI is InChI=1S/C20H21N3O2S/c1-13-19(14-8-10-23(13)11-9-14)22-20(24)15-2-5-17(6-3-15)26-18-7-4-16(12-21)25-18/h2-7,13-14,19H,8-11H2,1H3,(H,22,24)/t13-,19-/m0/s1. The first kappa shape index (κ1) is 17.2. The third-order valence-electron chi connectivity index (χ3n) is 5.50. The van der Waals surface area contributed by atoms with Gasteiger partial charge in [0, 0.05) is 22.5 Å². The summed E-state index contributed by atoms with van der Waals surface area (Å²) in [5.74, 6) is 0.897. The first-order chi connectivity index (χ1) is 12.6. The molecule has 3 fully saturated rings. The summed E-state index contributed by atoms with van der Waals surface area (Å²) in [7, 11) is 0. The number of rotatable bonds is 4. The largest absolute Gasteiger partial charge is 0.439 e. The molecule has 1 amide bonds. The molecule has 1 aromatic heterocycles. The molecule has 3 aliphatic rings. The second kappa shape index (κ2) is 7.18. The molecule has 2 atom stereocenters. The van der Waals surface area contributed by atoms with E-state index in [2.05, 4.69) is 17.1 Å². The maximum Gasteiger partial charge on any atom is 0.251 e. The lowest BCUT2D eigenvalue weighted by Gasteiger charge is -2.49. The maximum absolute atomic E-state index is 12.7. The van der Waals surface area contributed by atoms with Gasteiger partial charge in [0.2, 0.25) is 5.76 Å². The Morgan fingerprint density at radius 2 is 1.96 bits per heavy atom. The maximum atomic E-state index is 12.7. The molecule has 5 rings (SSSR count). The molecular weight excluding hydrogens is 346 g/mol. The minimum absolute atomic E-state index is 0.00286. The van der Waals surface area contributed by atoms with Crippen molar-refractivity contribution in [3.05, 3.63) is 47.7 Å². The first-order valence-corrected chi connectivity index (χ1v) is 9.78. The molecule has 0 unspecified atom stereocenters. The molecule has 0 radical (unpaired) electrons. The molecule has 1 aromatic carbocycles. The third kappa shape index (κ3) is 3.37. The highest BCUT2D eigenvalue weighted by Gasteiger charge is 2.40. The van der Waals surface area contributed by atoms with Crippen LogP contribution in [0, 0.1) is 17.2 Å². The number of fused-ring (bicyclic) bond motifs is 3. The van der Waals surface area contributed by atoms with E-state index < -0.39 is 0 Å². The zero-order chi connectivity index (χ0) is 18.1. The lowest BCUT2D eigenvalue weighted by Crippen LogP contribution is -2.62.